The van der Waals surface area contributed by atoms with Gasteiger partial charge in [-0.2, -0.15) is 16.3 Å². The fourth-order valence-electron chi connectivity index (χ4n) is 2.46. The summed E-state index contributed by atoms with van der Waals surface area (Å²) < 4.78 is 12.0. The molecule has 0 aliphatic carbocycles. The number of nitrogens with one attached hydrogen (secondary N) is 1. The lowest BCUT2D eigenvalue weighted by Crippen LogP contribution is -2.41. The van der Waals surface area contributed by atoms with Crippen molar-refractivity contribution in [2.75, 3.05) is 19.1 Å². The van der Waals surface area contributed by atoms with Crippen molar-refractivity contribution in [1.82, 2.24) is 25.1 Å². The van der Waals surface area contributed by atoms with Gasteiger partial charge < -0.3 is 14.8 Å². The van der Waals surface area contributed by atoms with Crippen molar-refractivity contribution in [3.8, 4) is 11.6 Å². The molecule has 0 aliphatic heterocycles. The van der Waals surface area contributed by atoms with Gasteiger partial charge >= 0.3 is 5.97 Å². The molecule has 1 amide bonds. The molecule has 0 saturated heterocycles. The first-order valence-electron chi connectivity index (χ1n) is 8.43. The predicted molar refractivity (Wildman–Crippen MR) is 104 cm³/mol. The Kier molecular flexibility index (Phi) is 6.43. The summed E-state index contributed by atoms with van der Waals surface area (Å²) in [6.07, 6.45) is 3.88. The van der Waals surface area contributed by atoms with E-state index in [0.29, 0.717) is 29.3 Å². The van der Waals surface area contributed by atoms with Crippen LogP contribution in [0.25, 0.3) is 5.65 Å². The number of aromatic nitrogens is 4. The van der Waals surface area contributed by atoms with Crippen LogP contribution in [-0.4, -0.2) is 56.8 Å². The van der Waals surface area contributed by atoms with Gasteiger partial charge in [0.1, 0.15) is 18.1 Å². The van der Waals surface area contributed by atoms with Gasteiger partial charge in [0.05, 0.1) is 7.11 Å². The number of thioether (sulfide) groups is 1. The first-order valence-corrected chi connectivity index (χ1v) is 9.82. The van der Waals surface area contributed by atoms with Crippen LogP contribution < -0.4 is 10.1 Å². The van der Waals surface area contributed by atoms with Crippen molar-refractivity contribution in [3.05, 3.63) is 48.3 Å². The molecule has 1 N–H and O–H groups in total. The summed E-state index contributed by atoms with van der Waals surface area (Å²) in [5.41, 5.74) is 0.959. The monoisotopic (exact) mass is 401 g/mol. The zero-order valence-electron chi connectivity index (χ0n) is 15.4. The minimum atomic E-state index is -0.702. The molecule has 0 radical (unpaired) electrons. The normalized spacial score (nSPS) is 11.8. The van der Waals surface area contributed by atoms with Crippen molar-refractivity contribution in [2.24, 2.45) is 0 Å². The van der Waals surface area contributed by atoms with Gasteiger partial charge in [0.15, 0.2) is 5.65 Å². The molecule has 0 bridgehead atoms. The fourth-order valence-corrected chi connectivity index (χ4v) is 2.93. The van der Waals surface area contributed by atoms with Crippen molar-refractivity contribution < 1.29 is 19.1 Å². The number of hydrogen-bond donors (Lipinski definition) is 1. The molecule has 3 rings (SSSR count). The highest BCUT2D eigenvalue weighted by Crippen LogP contribution is 2.20. The Morgan fingerprint density at radius 3 is 2.93 bits per heavy atom. The zero-order chi connectivity index (χ0) is 19.9. The number of amides is 1. The number of methoxy groups -OCH3 is 1. The highest BCUT2D eigenvalue weighted by Gasteiger charge is 2.22. The van der Waals surface area contributed by atoms with E-state index in [2.05, 4.69) is 20.6 Å². The van der Waals surface area contributed by atoms with Crippen LogP contribution in [0, 0.1) is 0 Å². The summed E-state index contributed by atoms with van der Waals surface area (Å²) >= 11 is 1.59. The van der Waals surface area contributed by atoms with Gasteiger partial charge in [-0.3, -0.25) is 4.79 Å². The van der Waals surface area contributed by atoms with Gasteiger partial charge in [0.25, 0.3) is 5.91 Å². The number of carbonyl (C=O) groups is 2. The van der Waals surface area contributed by atoms with E-state index in [1.54, 1.807) is 48.2 Å². The third-order valence-electron chi connectivity index (χ3n) is 3.86. The van der Waals surface area contributed by atoms with Gasteiger partial charge in [-0.15, -0.1) is 15.3 Å². The molecule has 9 nitrogen and oxygen atoms in total. The second-order valence-electron chi connectivity index (χ2n) is 5.77. The zero-order valence-corrected chi connectivity index (χ0v) is 16.2. The number of esters is 1. The molecule has 10 heteroatoms. The quantitative estimate of drug-likeness (QED) is 0.571. The molecule has 1 aromatic carbocycles. The Morgan fingerprint density at radius 1 is 1.29 bits per heavy atom. The minimum Gasteiger partial charge on any atom is -0.467 e. The Hall–Kier alpha value is -3.14. The molecule has 0 aliphatic rings. The SMILES string of the molecule is COC(=O)[C@@H](CCSC)NC(=O)c1cccc(Oc2ccc3nncn3n2)c1. The van der Waals surface area contributed by atoms with Crippen LogP contribution in [0.4, 0.5) is 0 Å². The van der Waals surface area contributed by atoms with Crippen molar-refractivity contribution >= 4 is 29.3 Å². The van der Waals surface area contributed by atoms with Crippen LogP contribution in [0.5, 0.6) is 11.6 Å². The van der Waals surface area contributed by atoms with E-state index in [1.165, 1.54) is 18.0 Å². The molecule has 3 aromatic rings. The Balaban J connectivity index is 1.72. The van der Waals surface area contributed by atoms with E-state index in [0.717, 1.165) is 5.75 Å². The summed E-state index contributed by atoms with van der Waals surface area (Å²) in [5, 5.41) is 14.6. The van der Waals surface area contributed by atoms with Crippen molar-refractivity contribution in [3.63, 3.8) is 0 Å². The van der Waals surface area contributed by atoms with Crippen LogP contribution in [0.3, 0.4) is 0 Å². The number of hydrogen-bond acceptors (Lipinski definition) is 8. The van der Waals surface area contributed by atoms with Gasteiger partial charge in [-0.05, 0) is 42.7 Å². The van der Waals surface area contributed by atoms with E-state index < -0.39 is 12.0 Å². The minimum absolute atomic E-state index is 0.331. The average molecular weight is 401 g/mol. The van der Waals surface area contributed by atoms with Crippen LogP contribution in [0.2, 0.25) is 0 Å². The average Bonchev–Trinajstić information content (AvgIpc) is 3.18. The lowest BCUT2D eigenvalue weighted by Gasteiger charge is -2.16. The van der Waals surface area contributed by atoms with Crippen LogP contribution in [0.15, 0.2) is 42.7 Å². The largest absolute Gasteiger partial charge is 0.467 e. The summed E-state index contributed by atoms with van der Waals surface area (Å²) in [6, 6.07) is 9.30. The molecule has 1 atom stereocenters. The summed E-state index contributed by atoms with van der Waals surface area (Å²) in [6.45, 7) is 0. The number of rotatable bonds is 8. The fraction of sp³-hybridized carbons (Fsp3) is 0.278. The summed E-state index contributed by atoms with van der Waals surface area (Å²) in [5.74, 6) is 0.634. The third kappa shape index (κ3) is 4.77. The Morgan fingerprint density at radius 2 is 2.14 bits per heavy atom. The number of benzene rings is 1. The maximum absolute atomic E-state index is 12.6. The highest BCUT2D eigenvalue weighted by molar-refractivity contribution is 7.98. The van der Waals surface area contributed by atoms with E-state index >= 15 is 0 Å². The number of nitrogens with zero attached hydrogens (tertiary/aromatic N) is 4. The van der Waals surface area contributed by atoms with Crippen molar-refractivity contribution in [2.45, 2.75) is 12.5 Å². The van der Waals surface area contributed by atoms with Gasteiger partial charge in [0, 0.05) is 11.6 Å². The maximum Gasteiger partial charge on any atom is 0.328 e. The lowest BCUT2D eigenvalue weighted by molar-refractivity contribution is -0.142. The van der Waals surface area contributed by atoms with Crippen molar-refractivity contribution in [1.29, 1.82) is 0 Å². The molecule has 28 heavy (non-hydrogen) atoms. The van der Waals surface area contributed by atoms with Crippen LogP contribution >= 0.6 is 11.8 Å². The summed E-state index contributed by atoms with van der Waals surface area (Å²) in [7, 11) is 1.30. The molecule has 0 unspecified atom stereocenters. The molecular formula is C18H19N5O4S. The number of ether oxygens (including phenoxy) is 2. The van der Waals surface area contributed by atoms with Gasteiger partial charge in [-0.25, -0.2) is 4.79 Å². The van der Waals surface area contributed by atoms with E-state index in [9.17, 15) is 9.59 Å². The van der Waals surface area contributed by atoms with Crippen LogP contribution in [-0.2, 0) is 9.53 Å². The first kappa shape index (κ1) is 19.6. The topological polar surface area (TPSA) is 108 Å². The first-order chi connectivity index (χ1) is 13.6. The van der Waals surface area contributed by atoms with E-state index in [-0.39, 0.29) is 5.91 Å². The highest BCUT2D eigenvalue weighted by atomic mass is 32.2. The lowest BCUT2D eigenvalue weighted by atomic mass is 10.1. The van der Waals surface area contributed by atoms with E-state index in [4.69, 9.17) is 9.47 Å². The second-order valence-corrected chi connectivity index (χ2v) is 6.75. The molecule has 0 spiro atoms. The summed E-state index contributed by atoms with van der Waals surface area (Å²) in [4.78, 5) is 24.5. The second kappa shape index (κ2) is 9.18. The number of carbonyl (C=O) groups excluding carboxylic acids is 2. The van der Waals surface area contributed by atoms with Gasteiger partial charge in [-0.1, -0.05) is 6.07 Å². The Bertz CT molecular complexity index is 977. The molecule has 0 fully saturated rings. The van der Waals surface area contributed by atoms with E-state index in [1.807, 2.05) is 6.26 Å². The smallest absolute Gasteiger partial charge is 0.328 e. The maximum atomic E-state index is 12.6. The Labute approximate surface area is 165 Å². The van der Waals surface area contributed by atoms with Crippen LogP contribution in [0.1, 0.15) is 16.8 Å². The molecule has 2 aromatic heterocycles. The predicted octanol–water partition coefficient (Wildman–Crippen LogP) is 1.94. The van der Waals surface area contributed by atoms with Gasteiger partial charge in [0.2, 0.25) is 5.88 Å². The number of fused-ring (bicyclic) bond motifs is 1. The standard InChI is InChI=1S/C18H19N5O4S/c1-26-18(25)14(8-9-28-2)20-17(24)12-4-3-5-13(10-12)27-16-7-6-15-21-19-11-23(15)22-16/h3-7,10-11,14H,8-9H2,1-2H3,(H,20,24)/t14-/m1/s1. The molecule has 0 saturated carbocycles. The molecule has 2 heterocycles. The molecule has 146 valence electrons. The molecular weight excluding hydrogens is 382 g/mol. The third-order valence-corrected chi connectivity index (χ3v) is 4.50.